The van der Waals surface area contributed by atoms with Gasteiger partial charge in [0.05, 0.1) is 0 Å². The van der Waals surface area contributed by atoms with Crippen molar-refractivity contribution in [3.8, 4) is 0 Å². The number of rotatable bonds is 5. The Bertz CT molecular complexity index is 199. The van der Waals surface area contributed by atoms with Gasteiger partial charge < -0.3 is 10.2 Å². The third-order valence-corrected chi connectivity index (χ3v) is 4.62. The number of hydrogen-bond acceptors (Lipinski definition) is 2. The molecule has 0 aliphatic heterocycles. The van der Waals surface area contributed by atoms with Gasteiger partial charge in [-0.15, -0.1) is 0 Å². The summed E-state index contributed by atoms with van der Waals surface area (Å²) in [5.74, 6) is 1.90. The van der Waals surface area contributed by atoms with Crippen LogP contribution in [0, 0.1) is 11.8 Å². The van der Waals surface area contributed by atoms with E-state index in [0.717, 1.165) is 17.9 Å². The molecule has 0 aromatic rings. The molecule has 0 spiro atoms. The monoisotopic (exact) mass is 224 g/mol. The van der Waals surface area contributed by atoms with Gasteiger partial charge in [-0.2, -0.15) is 0 Å². The van der Waals surface area contributed by atoms with Gasteiger partial charge >= 0.3 is 0 Å². The largest absolute Gasteiger partial charge is 0.317 e. The Morgan fingerprint density at radius 3 is 2.44 bits per heavy atom. The Kier molecular flexibility index (Phi) is 4.66. The van der Waals surface area contributed by atoms with Crippen LogP contribution >= 0.6 is 0 Å². The highest BCUT2D eigenvalue weighted by atomic mass is 15.1. The smallest absolute Gasteiger partial charge is 0.0104 e. The zero-order valence-electron chi connectivity index (χ0n) is 11.0. The van der Waals surface area contributed by atoms with Crippen molar-refractivity contribution in [3.05, 3.63) is 0 Å². The van der Waals surface area contributed by atoms with Crippen LogP contribution < -0.4 is 5.32 Å². The van der Waals surface area contributed by atoms with E-state index in [-0.39, 0.29) is 0 Å². The van der Waals surface area contributed by atoms with Gasteiger partial charge in [0.2, 0.25) is 0 Å². The van der Waals surface area contributed by atoms with Crippen LogP contribution in [0.1, 0.15) is 44.9 Å². The first-order valence-corrected chi connectivity index (χ1v) is 7.15. The number of nitrogens with one attached hydrogen (secondary N) is 1. The molecular formula is C14H28N2. The van der Waals surface area contributed by atoms with Crippen LogP contribution in [0.2, 0.25) is 0 Å². The molecule has 2 aliphatic carbocycles. The van der Waals surface area contributed by atoms with E-state index in [1.807, 2.05) is 0 Å². The normalized spacial score (nSPS) is 31.7. The average molecular weight is 224 g/mol. The second-order valence-corrected chi connectivity index (χ2v) is 5.96. The van der Waals surface area contributed by atoms with Gasteiger partial charge in [0.15, 0.2) is 0 Å². The van der Waals surface area contributed by atoms with Gasteiger partial charge in [-0.05, 0) is 51.6 Å². The van der Waals surface area contributed by atoms with E-state index < -0.39 is 0 Å². The average Bonchev–Trinajstić information content (AvgIpc) is 2.88. The van der Waals surface area contributed by atoms with E-state index in [1.165, 1.54) is 58.0 Å². The highest BCUT2D eigenvalue weighted by Gasteiger charge is 2.27. The van der Waals surface area contributed by atoms with Crippen molar-refractivity contribution >= 4 is 0 Å². The van der Waals surface area contributed by atoms with E-state index in [1.54, 1.807) is 0 Å². The minimum Gasteiger partial charge on any atom is -0.317 e. The molecule has 2 aliphatic rings. The van der Waals surface area contributed by atoms with E-state index in [2.05, 4.69) is 24.3 Å². The Balaban J connectivity index is 1.71. The molecule has 2 atom stereocenters. The maximum atomic E-state index is 3.49. The van der Waals surface area contributed by atoms with Gasteiger partial charge in [0.25, 0.3) is 0 Å². The van der Waals surface area contributed by atoms with Gasteiger partial charge in [-0.25, -0.2) is 0 Å². The summed E-state index contributed by atoms with van der Waals surface area (Å²) in [5.41, 5.74) is 0. The molecule has 16 heavy (non-hydrogen) atoms. The third-order valence-electron chi connectivity index (χ3n) is 4.62. The fourth-order valence-corrected chi connectivity index (χ4v) is 3.74. The van der Waals surface area contributed by atoms with Crippen LogP contribution in [0.4, 0.5) is 0 Å². The maximum absolute atomic E-state index is 3.49. The van der Waals surface area contributed by atoms with Crippen molar-refractivity contribution in [2.75, 3.05) is 27.2 Å². The van der Waals surface area contributed by atoms with E-state index in [0.29, 0.717) is 0 Å². The lowest BCUT2D eigenvalue weighted by Gasteiger charge is -2.27. The van der Waals surface area contributed by atoms with Crippen molar-refractivity contribution in [1.29, 1.82) is 0 Å². The first-order chi connectivity index (χ1) is 7.79. The molecule has 2 heteroatoms. The molecule has 0 aromatic heterocycles. The summed E-state index contributed by atoms with van der Waals surface area (Å²) < 4.78 is 0. The summed E-state index contributed by atoms with van der Waals surface area (Å²) in [6.45, 7) is 2.65. The van der Waals surface area contributed by atoms with Crippen molar-refractivity contribution in [1.82, 2.24) is 10.2 Å². The SMILES string of the molecule is CNC1CCCC1CN(C)CC1CCCC1. The first-order valence-electron chi connectivity index (χ1n) is 7.15. The van der Waals surface area contributed by atoms with E-state index in [4.69, 9.17) is 0 Å². The second-order valence-electron chi connectivity index (χ2n) is 5.96. The molecular weight excluding hydrogens is 196 g/mol. The van der Waals surface area contributed by atoms with Crippen molar-refractivity contribution in [2.45, 2.75) is 51.0 Å². The Labute approximate surface area is 101 Å². The highest BCUT2D eigenvalue weighted by Crippen LogP contribution is 2.28. The molecule has 2 unspecified atom stereocenters. The molecule has 0 amide bonds. The lowest BCUT2D eigenvalue weighted by molar-refractivity contribution is 0.224. The van der Waals surface area contributed by atoms with Crippen LogP contribution in [-0.4, -0.2) is 38.1 Å². The molecule has 0 heterocycles. The van der Waals surface area contributed by atoms with Crippen LogP contribution in [0.25, 0.3) is 0 Å². The van der Waals surface area contributed by atoms with Crippen LogP contribution in [-0.2, 0) is 0 Å². The standard InChI is InChI=1S/C14H28N2/c1-15-14-9-5-8-13(14)11-16(2)10-12-6-3-4-7-12/h12-15H,3-11H2,1-2H3. The van der Waals surface area contributed by atoms with E-state index >= 15 is 0 Å². The maximum Gasteiger partial charge on any atom is 0.0104 e. The highest BCUT2D eigenvalue weighted by molar-refractivity contribution is 4.84. The molecule has 2 rings (SSSR count). The molecule has 94 valence electrons. The molecule has 2 fully saturated rings. The van der Waals surface area contributed by atoms with Crippen molar-refractivity contribution in [3.63, 3.8) is 0 Å². The minimum atomic E-state index is 0.783. The molecule has 0 radical (unpaired) electrons. The molecule has 0 bridgehead atoms. The van der Waals surface area contributed by atoms with Gasteiger partial charge in [0.1, 0.15) is 0 Å². The third kappa shape index (κ3) is 3.21. The minimum absolute atomic E-state index is 0.783. The predicted molar refractivity (Wildman–Crippen MR) is 69.6 cm³/mol. The lowest BCUT2D eigenvalue weighted by atomic mass is 10.0. The van der Waals surface area contributed by atoms with Gasteiger partial charge in [-0.3, -0.25) is 0 Å². The topological polar surface area (TPSA) is 15.3 Å². The zero-order valence-corrected chi connectivity index (χ0v) is 11.0. The molecule has 2 nitrogen and oxygen atoms in total. The van der Waals surface area contributed by atoms with E-state index in [9.17, 15) is 0 Å². The Hall–Kier alpha value is -0.0800. The Morgan fingerprint density at radius 2 is 1.75 bits per heavy atom. The molecule has 1 N–H and O–H groups in total. The zero-order chi connectivity index (χ0) is 11.4. The first kappa shape index (κ1) is 12.4. The van der Waals surface area contributed by atoms with Gasteiger partial charge in [-0.1, -0.05) is 19.3 Å². The molecule has 0 aromatic carbocycles. The number of nitrogens with zero attached hydrogens (tertiary/aromatic N) is 1. The number of hydrogen-bond donors (Lipinski definition) is 1. The van der Waals surface area contributed by atoms with Crippen LogP contribution in [0.15, 0.2) is 0 Å². The lowest BCUT2D eigenvalue weighted by Crippen LogP contribution is -2.37. The predicted octanol–water partition coefficient (Wildman–Crippen LogP) is 2.50. The summed E-state index contributed by atoms with van der Waals surface area (Å²) >= 11 is 0. The van der Waals surface area contributed by atoms with Crippen molar-refractivity contribution < 1.29 is 0 Å². The van der Waals surface area contributed by atoms with Gasteiger partial charge in [0, 0.05) is 19.1 Å². The summed E-state index contributed by atoms with van der Waals surface area (Å²) in [6.07, 6.45) is 10.1. The molecule has 0 saturated heterocycles. The fraction of sp³-hybridized carbons (Fsp3) is 1.00. The fourth-order valence-electron chi connectivity index (χ4n) is 3.74. The second kappa shape index (κ2) is 6.02. The molecule has 2 saturated carbocycles. The quantitative estimate of drug-likeness (QED) is 0.772. The summed E-state index contributed by atoms with van der Waals surface area (Å²) in [6, 6.07) is 0.783. The summed E-state index contributed by atoms with van der Waals surface area (Å²) in [5, 5.41) is 3.49. The van der Waals surface area contributed by atoms with Crippen LogP contribution in [0.3, 0.4) is 0 Å². The Morgan fingerprint density at radius 1 is 1.00 bits per heavy atom. The van der Waals surface area contributed by atoms with Crippen molar-refractivity contribution in [2.24, 2.45) is 11.8 Å². The summed E-state index contributed by atoms with van der Waals surface area (Å²) in [4.78, 5) is 2.59. The summed E-state index contributed by atoms with van der Waals surface area (Å²) in [7, 11) is 4.45. The van der Waals surface area contributed by atoms with Crippen LogP contribution in [0.5, 0.6) is 0 Å².